The molecule has 1 aromatic rings. The van der Waals surface area contributed by atoms with E-state index in [9.17, 15) is 0 Å². The highest BCUT2D eigenvalue weighted by Gasteiger charge is 2.26. The van der Waals surface area contributed by atoms with Crippen LogP contribution in [0.25, 0.3) is 0 Å². The molecule has 1 saturated carbocycles. The van der Waals surface area contributed by atoms with E-state index in [4.69, 9.17) is 0 Å². The lowest BCUT2D eigenvalue weighted by atomic mass is 9.98. The van der Waals surface area contributed by atoms with Gasteiger partial charge < -0.3 is 5.32 Å². The van der Waals surface area contributed by atoms with Crippen LogP contribution in [0.15, 0.2) is 12.1 Å². The Hall–Kier alpha value is -0.980. The molecule has 0 saturated heterocycles. The summed E-state index contributed by atoms with van der Waals surface area (Å²) >= 11 is 0. The summed E-state index contributed by atoms with van der Waals surface area (Å²) in [5, 5.41) is 3.81. The van der Waals surface area contributed by atoms with E-state index in [1.54, 1.807) is 0 Å². The fourth-order valence-corrected chi connectivity index (χ4v) is 3.31. The average Bonchev–Trinajstić information content (AvgIpc) is 2.70. The lowest BCUT2D eigenvalue weighted by Gasteiger charge is -2.23. The lowest BCUT2D eigenvalue weighted by molar-refractivity contribution is 0.489. The van der Waals surface area contributed by atoms with E-state index in [1.807, 2.05) is 0 Å². The van der Waals surface area contributed by atoms with Crippen LogP contribution in [0.4, 0.5) is 5.69 Å². The minimum Gasteiger partial charge on any atom is -0.382 e. The average molecular weight is 231 g/mol. The van der Waals surface area contributed by atoms with Gasteiger partial charge >= 0.3 is 0 Å². The summed E-state index contributed by atoms with van der Waals surface area (Å²) in [5.41, 5.74) is 5.53. The Kier molecular flexibility index (Phi) is 3.76. The van der Waals surface area contributed by atoms with E-state index in [0.717, 1.165) is 5.92 Å². The summed E-state index contributed by atoms with van der Waals surface area (Å²) in [7, 11) is 0. The molecule has 1 aromatic carbocycles. The number of hydrogen-bond donors (Lipinski definition) is 1. The highest BCUT2D eigenvalue weighted by atomic mass is 14.9. The Morgan fingerprint density at radius 1 is 1.12 bits per heavy atom. The summed E-state index contributed by atoms with van der Waals surface area (Å²) in [4.78, 5) is 0. The molecule has 2 unspecified atom stereocenters. The maximum atomic E-state index is 3.81. The van der Waals surface area contributed by atoms with Gasteiger partial charge in [0.15, 0.2) is 0 Å². The van der Waals surface area contributed by atoms with Crippen LogP contribution in [-0.2, 0) is 0 Å². The van der Waals surface area contributed by atoms with Crippen molar-refractivity contribution in [3.05, 3.63) is 28.8 Å². The molecule has 0 aliphatic heterocycles. The molecule has 1 aliphatic carbocycles. The van der Waals surface area contributed by atoms with Crippen LogP contribution in [-0.4, -0.2) is 6.04 Å². The van der Waals surface area contributed by atoms with Crippen LogP contribution in [0.3, 0.4) is 0 Å². The second-order valence-corrected chi connectivity index (χ2v) is 5.62. The van der Waals surface area contributed by atoms with Crippen molar-refractivity contribution in [1.29, 1.82) is 0 Å². The van der Waals surface area contributed by atoms with Gasteiger partial charge in [-0.1, -0.05) is 37.5 Å². The number of benzene rings is 1. The van der Waals surface area contributed by atoms with E-state index in [2.05, 4.69) is 45.1 Å². The normalized spacial score (nSPS) is 24.0. The molecule has 1 nitrogen and oxygen atoms in total. The molecule has 1 fully saturated rings. The highest BCUT2D eigenvalue weighted by Crippen LogP contribution is 2.32. The molecule has 0 radical (unpaired) electrons. The lowest BCUT2D eigenvalue weighted by Crippen LogP contribution is -2.24. The van der Waals surface area contributed by atoms with Gasteiger partial charge in [-0.3, -0.25) is 0 Å². The maximum absolute atomic E-state index is 3.81. The van der Waals surface area contributed by atoms with Gasteiger partial charge in [0.05, 0.1) is 0 Å². The Bertz CT molecular complexity index is 372. The van der Waals surface area contributed by atoms with Crippen LogP contribution >= 0.6 is 0 Å². The van der Waals surface area contributed by atoms with E-state index >= 15 is 0 Å². The molecule has 1 heteroatoms. The number of hydrogen-bond acceptors (Lipinski definition) is 1. The molecule has 17 heavy (non-hydrogen) atoms. The summed E-state index contributed by atoms with van der Waals surface area (Å²) in [5.74, 6) is 0.870. The predicted octanol–water partition coefficient (Wildman–Crippen LogP) is 4.60. The van der Waals surface area contributed by atoms with Gasteiger partial charge in [-0.05, 0) is 50.7 Å². The van der Waals surface area contributed by atoms with Gasteiger partial charge in [-0.2, -0.15) is 0 Å². The van der Waals surface area contributed by atoms with Gasteiger partial charge in [0.2, 0.25) is 0 Å². The molecule has 0 amide bonds. The van der Waals surface area contributed by atoms with Gasteiger partial charge in [0.25, 0.3) is 0 Å². The summed E-state index contributed by atoms with van der Waals surface area (Å²) < 4.78 is 0. The highest BCUT2D eigenvalue weighted by molar-refractivity contribution is 5.58. The largest absolute Gasteiger partial charge is 0.382 e. The fourth-order valence-electron chi connectivity index (χ4n) is 3.31. The van der Waals surface area contributed by atoms with Crippen molar-refractivity contribution >= 4 is 5.69 Å². The molecule has 0 spiro atoms. The Balaban J connectivity index is 2.18. The minimum absolute atomic E-state index is 0.695. The first-order valence-electron chi connectivity index (χ1n) is 6.96. The first kappa shape index (κ1) is 12.5. The molecule has 1 aliphatic rings. The fraction of sp³-hybridized carbons (Fsp3) is 0.625. The molecule has 0 heterocycles. The minimum atomic E-state index is 0.695. The second-order valence-electron chi connectivity index (χ2n) is 5.62. The molecule has 2 rings (SSSR count). The van der Waals surface area contributed by atoms with Crippen molar-refractivity contribution in [2.24, 2.45) is 5.92 Å². The summed E-state index contributed by atoms with van der Waals surface area (Å²) in [6, 6.07) is 5.26. The molecule has 0 aromatic heterocycles. The second kappa shape index (κ2) is 5.12. The van der Waals surface area contributed by atoms with Crippen LogP contribution < -0.4 is 5.32 Å². The van der Waals surface area contributed by atoms with Gasteiger partial charge in [0, 0.05) is 11.7 Å². The Morgan fingerprint density at radius 2 is 1.76 bits per heavy atom. The Morgan fingerprint density at radius 3 is 2.35 bits per heavy atom. The van der Waals surface area contributed by atoms with Gasteiger partial charge in [-0.25, -0.2) is 0 Å². The summed E-state index contributed by atoms with van der Waals surface area (Å²) in [6.45, 7) is 8.93. The zero-order valence-corrected chi connectivity index (χ0v) is 11.6. The van der Waals surface area contributed by atoms with Crippen molar-refractivity contribution in [3.63, 3.8) is 0 Å². The van der Waals surface area contributed by atoms with E-state index < -0.39 is 0 Å². The first-order chi connectivity index (χ1) is 8.11. The molecular formula is C16H25N. The topological polar surface area (TPSA) is 12.0 Å². The van der Waals surface area contributed by atoms with E-state index in [-0.39, 0.29) is 0 Å². The third-order valence-electron chi connectivity index (χ3n) is 4.19. The quantitative estimate of drug-likeness (QED) is 0.801. The van der Waals surface area contributed by atoms with Gasteiger partial charge in [-0.15, -0.1) is 0 Å². The maximum Gasteiger partial charge on any atom is 0.0402 e. The van der Waals surface area contributed by atoms with Crippen molar-refractivity contribution < 1.29 is 0 Å². The zero-order chi connectivity index (χ0) is 12.4. The SMILES string of the molecule is CCC1CCCC1Nc1c(C)cc(C)cc1C. The number of nitrogens with one attached hydrogen (secondary N) is 1. The van der Waals surface area contributed by atoms with Crippen molar-refractivity contribution in [1.82, 2.24) is 0 Å². The molecule has 0 bridgehead atoms. The van der Waals surface area contributed by atoms with E-state index in [0.29, 0.717) is 6.04 Å². The molecule has 2 atom stereocenters. The van der Waals surface area contributed by atoms with Crippen LogP contribution in [0.1, 0.15) is 49.3 Å². The summed E-state index contributed by atoms with van der Waals surface area (Å²) in [6.07, 6.45) is 5.44. The number of aryl methyl sites for hydroxylation is 3. The monoisotopic (exact) mass is 231 g/mol. The van der Waals surface area contributed by atoms with Crippen molar-refractivity contribution in [2.45, 2.75) is 59.4 Å². The van der Waals surface area contributed by atoms with Crippen LogP contribution in [0.5, 0.6) is 0 Å². The smallest absolute Gasteiger partial charge is 0.0402 e. The van der Waals surface area contributed by atoms with E-state index in [1.165, 1.54) is 48.1 Å². The van der Waals surface area contributed by atoms with Gasteiger partial charge in [0.1, 0.15) is 0 Å². The zero-order valence-electron chi connectivity index (χ0n) is 11.6. The predicted molar refractivity (Wildman–Crippen MR) is 75.7 cm³/mol. The molecule has 94 valence electrons. The first-order valence-corrected chi connectivity index (χ1v) is 6.96. The number of anilines is 1. The standard InChI is InChI=1S/C16H25N/c1-5-14-7-6-8-15(14)17-16-12(3)9-11(2)10-13(16)4/h9-10,14-15,17H,5-8H2,1-4H3. The van der Waals surface area contributed by atoms with Crippen molar-refractivity contribution in [2.75, 3.05) is 5.32 Å². The van der Waals surface area contributed by atoms with Crippen molar-refractivity contribution in [3.8, 4) is 0 Å². The van der Waals surface area contributed by atoms with Crippen LogP contribution in [0.2, 0.25) is 0 Å². The Labute approximate surface area is 106 Å². The third kappa shape index (κ3) is 2.65. The molecular weight excluding hydrogens is 206 g/mol. The van der Waals surface area contributed by atoms with Crippen LogP contribution in [0, 0.1) is 26.7 Å². The molecule has 1 N–H and O–H groups in total. The number of rotatable bonds is 3. The third-order valence-corrected chi connectivity index (χ3v) is 4.19.